The van der Waals surface area contributed by atoms with Crippen LogP contribution in [0.4, 0.5) is 0 Å². The molecule has 0 aromatic carbocycles. The van der Waals surface area contributed by atoms with Crippen molar-refractivity contribution in [2.75, 3.05) is 13.2 Å². The Labute approximate surface area is 272 Å². The number of ether oxygens (including phenoxy) is 2. The average molecular weight is 658 g/mol. The molecule has 236 valence electrons. The predicted octanol–water partition coefficient (Wildman–Crippen LogP) is 7.41. The van der Waals surface area contributed by atoms with E-state index in [-0.39, 0.29) is 29.6 Å². The first kappa shape index (κ1) is 35.2. The van der Waals surface area contributed by atoms with Crippen LogP contribution in [0.15, 0.2) is 58.4 Å². The fraction of sp³-hybridized carbons (Fsp3) is 0.438. The number of thiophene rings is 2. The van der Waals surface area contributed by atoms with Gasteiger partial charge in [-0.15, -0.1) is 0 Å². The number of carbonyl (C=O) groups excluding carboxylic acids is 2. The van der Waals surface area contributed by atoms with Crippen molar-refractivity contribution in [2.24, 2.45) is 5.73 Å². The van der Waals surface area contributed by atoms with Gasteiger partial charge in [0, 0.05) is 42.2 Å². The molecule has 44 heavy (non-hydrogen) atoms. The second-order valence-electron chi connectivity index (χ2n) is 10.4. The molecule has 0 unspecified atom stereocenters. The van der Waals surface area contributed by atoms with Gasteiger partial charge < -0.3 is 15.2 Å². The molecule has 9 nitrogen and oxygen atoms in total. The normalized spacial score (nSPS) is 15.4. The summed E-state index contributed by atoms with van der Waals surface area (Å²) in [5.41, 5.74) is 9.79. The molecule has 2 fully saturated rings. The van der Waals surface area contributed by atoms with E-state index in [0.29, 0.717) is 24.3 Å². The van der Waals surface area contributed by atoms with E-state index in [9.17, 15) is 9.59 Å². The van der Waals surface area contributed by atoms with Crippen molar-refractivity contribution in [2.45, 2.75) is 77.2 Å². The van der Waals surface area contributed by atoms with E-state index in [0.717, 1.165) is 12.2 Å². The third-order valence-corrected chi connectivity index (χ3v) is 9.19. The number of nitrogens with zero attached hydrogens (tertiary/aromatic N) is 4. The van der Waals surface area contributed by atoms with E-state index in [2.05, 4.69) is 53.6 Å². The van der Waals surface area contributed by atoms with Crippen LogP contribution < -0.4 is 5.73 Å². The zero-order chi connectivity index (χ0) is 30.7. The lowest BCUT2D eigenvalue weighted by atomic mass is 9.63. The standard InChI is InChI=1S/C16H18N2O2S.C8H11NS.C7H7ClN2O2.CH4/c1-2-20-15(19)12-9-17-14(18-10-12)8-16(5-3-6-16)13-4-7-21-11-13;9-8(3-1-4-8)7-2-5-10-6-7;1-2-12-6(11)5-3-9-7(8)10-4-5;/h4,7,9-11H,2-3,5-6,8H2,1H3;2,5-6H,1,3-4,9H2;3-4H,2H2,1H3;1H4. The smallest absolute Gasteiger partial charge is 0.341 e. The fourth-order valence-electron chi connectivity index (χ4n) is 4.83. The largest absolute Gasteiger partial charge is 0.462 e. The minimum absolute atomic E-state index is 0. The molecule has 4 aromatic rings. The number of carbonyl (C=O) groups is 2. The van der Waals surface area contributed by atoms with E-state index in [1.165, 1.54) is 62.0 Å². The van der Waals surface area contributed by atoms with Gasteiger partial charge in [-0.25, -0.2) is 29.5 Å². The minimum Gasteiger partial charge on any atom is -0.462 e. The van der Waals surface area contributed by atoms with Crippen LogP contribution >= 0.6 is 34.3 Å². The molecule has 0 spiro atoms. The first-order chi connectivity index (χ1) is 20.8. The molecular formula is C32H40ClN5O4S2. The van der Waals surface area contributed by atoms with Crippen LogP contribution in [0.3, 0.4) is 0 Å². The summed E-state index contributed by atoms with van der Waals surface area (Å²) >= 11 is 8.89. The molecular weight excluding hydrogens is 618 g/mol. The molecule has 4 heterocycles. The number of hydrogen-bond donors (Lipinski definition) is 1. The second-order valence-corrected chi connectivity index (χ2v) is 12.3. The van der Waals surface area contributed by atoms with Crippen LogP contribution in [-0.4, -0.2) is 45.1 Å². The van der Waals surface area contributed by atoms with Crippen molar-refractivity contribution in [3.63, 3.8) is 0 Å². The van der Waals surface area contributed by atoms with Gasteiger partial charge in [-0.3, -0.25) is 0 Å². The zero-order valence-corrected chi connectivity index (χ0v) is 26.7. The third-order valence-electron chi connectivity index (χ3n) is 7.63. The van der Waals surface area contributed by atoms with Gasteiger partial charge in [-0.2, -0.15) is 22.7 Å². The molecule has 0 aliphatic heterocycles. The van der Waals surface area contributed by atoms with Crippen LogP contribution in [0.25, 0.3) is 0 Å². The summed E-state index contributed by atoms with van der Waals surface area (Å²) in [7, 11) is 0. The van der Waals surface area contributed by atoms with Gasteiger partial charge >= 0.3 is 11.9 Å². The van der Waals surface area contributed by atoms with Crippen LogP contribution in [0.1, 0.15) is 97.5 Å². The highest BCUT2D eigenvalue weighted by atomic mass is 35.5. The topological polar surface area (TPSA) is 130 Å². The molecule has 12 heteroatoms. The molecule has 0 amide bonds. The van der Waals surface area contributed by atoms with Crippen molar-refractivity contribution < 1.29 is 19.1 Å². The van der Waals surface area contributed by atoms with E-state index < -0.39 is 5.97 Å². The highest BCUT2D eigenvalue weighted by Crippen LogP contribution is 2.46. The van der Waals surface area contributed by atoms with Crippen molar-refractivity contribution >= 4 is 46.2 Å². The van der Waals surface area contributed by atoms with Gasteiger partial charge in [0.15, 0.2) is 0 Å². The molecule has 2 aliphatic carbocycles. The van der Waals surface area contributed by atoms with Crippen LogP contribution in [-0.2, 0) is 26.8 Å². The highest BCUT2D eigenvalue weighted by molar-refractivity contribution is 7.08. The molecule has 2 N–H and O–H groups in total. The molecule has 4 aromatic heterocycles. The Balaban J connectivity index is 0.000000195. The van der Waals surface area contributed by atoms with E-state index in [1.807, 2.05) is 0 Å². The van der Waals surface area contributed by atoms with Gasteiger partial charge in [0.1, 0.15) is 5.82 Å². The quantitative estimate of drug-likeness (QED) is 0.152. The maximum absolute atomic E-state index is 11.6. The molecule has 6 rings (SSSR count). The lowest BCUT2D eigenvalue weighted by Crippen LogP contribution is -2.42. The summed E-state index contributed by atoms with van der Waals surface area (Å²) < 4.78 is 9.65. The summed E-state index contributed by atoms with van der Waals surface area (Å²) in [4.78, 5) is 38.6. The average Bonchev–Trinajstić information content (AvgIpc) is 3.71. The summed E-state index contributed by atoms with van der Waals surface area (Å²) in [5, 5.41) is 8.73. The number of esters is 2. The number of rotatable bonds is 8. The number of halogens is 1. The zero-order valence-electron chi connectivity index (χ0n) is 24.3. The van der Waals surface area contributed by atoms with Gasteiger partial charge in [0.2, 0.25) is 5.28 Å². The maximum atomic E-state index is 11.6. The molecule has 0 bridgehead atoms. The Morgan fingerprint density at radius 2 is 1.30 bits per heavy atom. The Hall–Kier alpha value is -3.25. The monoisotopic (exact) mass is 657 g/mol. The van der Waals surface area contributed by atoms with Gasteiger partial charge in [0.05, 0.1) is 24.3 Å². The number of nitrogens with two attached hydrogens (primary N) is 1. The Kier molecular flexibility index (Phi) is 13.4. The predicted molar refractivity (Wildman–Crippen MR) is 175 cm³/mol. The van der Waals surface area contributed by atoms with Gasteiger partial charge in [0.25, 0.3) is 0 Å². The lowest BCUT2D eigenvalue weighted by Gasteiger charge is -2.41. The third kappa shape index (κ3) is 9.13. The van der Waals surface area contributed by atoms with Crippen molar-refractivity contribution in [3.05, 3.63) is 91.8 Å². The summed E-state index contributed by atoms with van der Waals surface area (Å²) in [6, 6.07) is 4.35. The van der Waals surface area contributed by atoms with Gasteiger partial charge in [-0.1, -0.05) is 13.8 Å². The summed E-state index contributed by atoms with van der Waals surface area (Å²) in [6.45, 7) is 4.21. The number of hydrogen-bond acceptors (Lipinski definition) is 11. The summed E-state index contributed by atoms with van der Waals surface area (Å²) in [6.07, 6.45) is 13.9. The molecule has 2 saturated carbocycles. The van der Waals surface area contributed by atoms with Crippen molar-refractivity contribution in [1.29, 1.82) is 0 Å². The second kappa shape index (κ2) is 16.7. The lowest BCUT2D eigenvalue weighted by molar-refractivity contribution is 0.0515. The Morgan fingerprint density at radius 3 is 1.68 bits per heavy atom. The van der Waals surface area contributed by atoms with Crippen LogP contribution in [0, 0.1) is 0 Å². The molecule has 0 radical (unpaired) electrons. The molecule has 0 atom stereocenters. The van der Waals surface area contributed by atoms with E-state index >= 15 is 0 Å². The first-order valence-electron chi connectivity index (χ1n) is 14.3. The SMILES string of the molecule is C.CCOC(=O)c1cnc(CC2(c3ccsc3)CCC2)nc1.CCOC(=O)c1cnc(Cl)nc1.NC1(c2ccsc2)CCC1. The summed E-state index contributed by atoms with van der Waals surface area (Å²) in [5.74, 6) is 0.00311. The fourth-order valence-corrected chi connectivity index (χ4v) is 6.47. The maximum Gasteiger partial charge on any atom is 0.341 e. The highest BCUT2D eigenvalue weighted by Gasteiger charge is 2.39. The van der Waals surface area contributed by atoms with E-state index in [4.69, 9.17) is 26.8 Å². The Morgan fingerprint density at radius 1 is 0.818 bits per heavy atom. The van der Waals surface area contributed by atoms with Crippen LogP contribution in [0.5, 0.6) is 0 Å². The molecule has 0 saturated heterocycles. The van der Waals surface area contributed by atoms with Crippen LogP contribution in [0.2, 0.25) is 5.28 Å². The Bertz CT molecular complexity index is 1420. The van der Waals surface area contributed by atoms with Crippen molar-refractivity contribution in [1.82, 2.24) is 19.9 Å². The first-order valence-corrected chi connectivity index (χ1v) is 16.5. The molecule has 2 aliphatic rings. The van der Waals surface area contributed by atoms with E-state index in [1.54, 1.807) is 48.9 Å². The number of aromatic nitrogens is 4. The van der Waals surface area contributed by atoms with Crippen molar-refractivity contribution in [3.8, 4) is 0 Å². The minimum atomic E-state index is -0.436. The van der Waals surface area contributed by atoms with Gasteiger partial charge in [-0.05, 0) is 102 Å².